The van der Waals surface area contributed by atoms with E-state index >= 15 is 0 Å². The van der Waals surface area contributed by atoms with E-state index in [9.17, 15) is 14.4 Å². The van der Waals surface area contributed by atoms with Gasteiger partial charge in [-0.15, -0.1) is 0 Å². The van der Waals surface area contributed by atoms with Crippen LogP contribution in [0.15, 0.2) is 0 Å². The second-order valence-corrected chi connectivity index (χ2v) is 20.3. The van der Waals surface area contributed by atoms with Crippen molar-refractivity contribution < 1.29 is 28.6 Å². The number of ether oxygens (including phenoxy) is 3. The van der Waals surface area contributed by atoms with Gasteiger partial charge in [0.2, 0.25) is 0 Å². The maximum absolute atomic E-state index is 12.8. The summed E-state index contributed by atoms with van der Waals surface area (Å²) in [5.74, 6) is -0.839. The number of esters is 3. The second-order valence-electron chi connectivity index (χ2n) is 20.3. The van der Waals surface area contributed by atoms with E-state index in [4.69, 9.17) is 14.2 Å². The summed E-state index contributed by atoms with van der Waals surface area (Å²) in [4.78, 5) is 38.0. The zero-order valence-corrected chi connectivity index (χ0v) is 44.3. The Hall–Kier alpha value is -1.59. The summed E-state index contributed by atoms with van der Waals surface area (Å²) in [5.41, 5.74) is 0. The maximum Gasteiger partial charge on any atom is 0.306 e. The lowest BCUT2D eigenvalue weighted by Crippen LogP contribution is -2.30. The molecule has 0 spiro atoms. The van der Waals surface area contributed by atoms with Crippen molar-refractivity contribution in [3.8, 4) is 0 Å². The third-order valence-electron chi connectivity index (χ3n) is 13.6. The van der Waals surface area contributed by atoms with Gasteiger partial charge in [0.1, 0.15) is 13.2 Å². The minimum atomic E-state index is -0.760. The molecule has 0 amide bonds. The summed E-state index contributed by atoms with van der Waals surface area (Å²) >= 11 is 0. The molecule has 0 aromatic heterocycles. The predicted octanol–water partition coefficient (Wildman–Crippen LogP) is 19.5. The largest absolute Gasteiger partial charge is 0.462 e. The minimum absolute atomic E-state index is 0.0616. The Morgan fingerprint density at radius 1 is 0.246 bits per heavy atom. The molecule has 0 saturated heterocycles. The minimum Gasteiger partial charge on any atom is -0.462 e. The van der Waals surface area contributed by atoms with Crippen molar-refractivity contribution in [3.63, 3.8) is 0 Å². The van der Waals surface area contributed by atoms with Crippen molar-refractivity contribution in [1.82, 2.24) is 0 Å². The molecule has 65 heavy (non-hydrogen) atoms. The van der Waals surface area contributed by atoms with Gasteiger partial charge in [0.15, 0.2) is 6.10 Å². The average Bonchev–Trinajstić information content (AvgIpc) is 3.30. The summed E-state index contributed by atoms with van der Waals surface area (Å²) in [6.07, 6.45) is 61.2. The summed E-state index contributed by atoms with van der Waals surface area (Å²) in [6.45, 7) is 6.68. The number of carbonyl (C=O) groups is 3. The molecule has 0 rings (SSSR count). The monoisotopic (exact) mass is 919 g/mol. The van der Waals surface area contributed by atoms with Crippen LogP contribution in [0.1, 0.15) is 342 Å². The van der Waals surface area contributed by atoms with Gasteiger partial charge < -0.3 is 14.2 Å². The zero-order chi connectivity index (χ0) is 47.2. The lowest BCUT2D eigenvalue weighted by molar-refractivity contribution is -0.167. The quantitative estimate of drug-likeness (QED) is 0.0344. The van der Waals surface area contributed by atoms with Crippen LogP contribution in [0.4, 0.5) is 0 Å². The Kier molecular flexibility index (Phi) is 53.7. The van der Waals surface area contributed by atoms with Crippen LogP contribution in [0.2, 0.25) is 0 Å². The molecule has 1 atom stereocenters. The van der Waals surface area contributed by atoms with Gasteiger partial charge in [0.05, 0.1) is 0 Å². The fourth-order valence-corrected chi connectivity index (χ4v) is 9.15. The SMILES string of the molecule is CCCCCCCCCCCCCCCCCCCCCCCCCCCC(=O)OCC(COC(=O)CCCCCCCCCCC)OC(=O)CCCCCCCCCCCCCCC. The van der Waals surface area contributed by atoms with Crippen molar-refractivity contribution in [2.75, 3.05) is 13.2 Å². The van der Waals surface area contributed by atoms with Crippen molar-refractivity contribution in [2.45, 2.75) is 348 Å². The van der Waals surface area contributed by atoms with Crippen LogP contribution < -0.4 is 0 Å². The molecule has 0 aliphatic rings. The highest BCUT2D eigenvalue weighted by Crippen LogP contribution is 2.18. The number of hydrogen-bond acceptors (Lipinski definition) is 6. The van der Waals surface area contributed by atoms with Gasteiger partial charge in [0, 0.05) is 19.3 Å². The van der Waals surface area contributed by atoms with Crippen LogP contribution in [-0.4, -0.2) is 37.2 Å². The highest BCUT2D eigenvalue weighted by molar-refractivity contribution is 5.71. The van der Waals surface area contributed by atoms with E-state index in [2.05, 4.69) is 20.8 Å². The fraction of sp³-hybridized carbons (Fsp3) is 0.949. The standard InChI is InChI=1S/C59H114O6/c1-4-7-10-13-16-19-21-23-24-25-26-27-28-29-30-31-32-33-34-36-37-40-43-46-49-52-58(61)64-55-56(54-63-57(60)51-48-45-42-39-18-15-12-9-6-3)65-59(62)53-50-47-44-41-38-35-22-20-17-14-11-8-5-2/h56H,4-55H2,1-3H3. The van der Waals surface area contributed by atoms with E-state index in [1.165, 1.54) is 244 Å². The Morgan fingerprint density at radius 2 is 0.415 bits per heavy atom. The molecule has 0 fully saturated rings. The van der Waals surface area contributed by atoms with Gasteiger partial charge in [-0.25, -0.2) is 0 Å². The van der Waals surface area contributed by atoms with Gasteiger partial charge in [-0.3, -0.25) is 14.4 Å². The molecule has 0 aliphatic heterocycles. The normalized spacial score (nSPS) is 11.9. The first-order valence-corrected chi connectivity index (χ1v) is 29.5. The highest BCUT2D eigenvalue weighted by atomic mass is 16.6. The number of hydrogen-bond donors (Lipinski definition) is 0. The number of unbranched alkanes of at least 4 members (excludes halogenated alkanes) is 44. The van der Waals surface area contributed by atoms with Crippen molar-refractivity contribution in [1.29, 1.82) is 0 Å². The van der Waals surface area contributed by atoms with Crippen LogP contribution >= 0.6 is 0 Å². The molecule has 0 bridgehead atoms. The number of carbonyl (C=O) groups excluding carboxylic acids is 3. The Labute approximate surface area is 406 Å². The molecule has 0 aromatic rings. The third kappa shape index (κ3) is 53.2. The van der Waals surface area contributed by atoms with Crippen LogP contribution in [0.3, 0.4) is 0 Å². The van der Waals surface area contributed by atoms with E-state index in [1.807, 2.05) is 0 Å². The van der Waals surface area contributed by atoms with E-state index in [-0.39, 0.29) is 31.1 Å². The van der Waals surface area contributed by atoms with Gasteiger partial charge in [-0.05, 0) is 19.3 Å². The van der Waals surface area contributed by atoms with E-state index < -0.39 is 6.10 Å². The summed E-state index contributed by atoms with van der Waals surface area (Å²) in [7, 11) is 0. The van der Waals surface area contributed by atoms with Crippen LogP contribution in [0.25, 0.3) is 0 Å². The first kappa shape index (κ1) is 63.4. The molecular weight excluding hydrogens is 805 g/mol. The molecular formula is C59H114O6. The molecule has 0 saturated carbocycles. The molecule has 0 N–H and O–H groups in total. The fourth-order valence-electron chi connectivity index (χ4n) is 9.15. The molecule has 6 nitrogen and oxygen atoms in total. The van der Waals surface area contributed by atoms with Gasteiger partial charge >= 0.3 is 17.9 Å². The Bertz CT molecular complexity index is 967. The van der Waals surface area contributed by atoms with Gasteiger partial charge in [-0.2, -0.15) is 0 Å². The molecule has 0 aromatic carbocycles. The maximum atomic E-state index is 12.8. The smallest absolute Gasteiger partial charge is 0.306 e. The van der Waals surface area contributed by atoms with Crippen molar-refractivity contribution in [2.24, 2.45) is 0 Å². The van der Waals surface area contributed by atoms with Crippen molar-refractivity contribution >= 4 is 17.9 Å². The van der Waals surface area contributed by atoms with E-state index in [0.29, 0.717) is 19.3 Å². The van der Waals surface area contributed by atoms with Gasteiger partial charge in [-0.1, -0.05) is 303 Å². The third-order valence-corrected chi connectivity index (χ3v) is 13.6. The van der Waals surface area contributed by atoms with E-state index in [1.54, 1.807) is 0 Å². The topological polar surface area (TPSA) is 78.9 Å². The zero-order valence-electron chi connectivity index (χ0n) is 44.3. The second kappa shape index (κ2) is 55.0. The molecule has 0 radical (unpaired) electrons. The summed E-state index contributed by atoms with van der Waals surface area (Å²) in [6, 6.07) is 0. The lowest BCUT2D eigenvalue weighted by atomic mass is 10.0. The Balaban J connectivity index is 4.08. The highest BCUT2D eigenvalue weighted by Gasteiger charge is 2.19. The van der Waals surface area contributed by atoms with Crippen LogP contribution in [-0.2, 0) is 28.6 Å². The van der Waals surface area contributed by atoms with Crippen molar-refractivity contribution in [3.05, 3.63) is 0 Å². The average molecular weight is 920 g/mol. The first-order valence-electron chi connectivity index (χ1n) is 29.5. The van der Waals surface area contributed by atoms with E-state index in [0.717, 1.165) is 57.8 Å². The molecule has 1 unspecified atom stereocenters. The number of rotatable bonds is 55. The predicted molar refractivity (Wildman–Crippen MR) is 280 cm³/mol. The first-order chi connectivity index (χ1) is 32.0. The summed E-state index contributed by atoms with van der Waals surface area (Å²) < 4.78 is 16.8. The van der Waals surface area contributed by atoms with Gasteiger partial charge in [0.25, 0.3) is 0 Å². The van der Waals surface area contributed by atoms with Crippen LogP contribution in [0.5, 0.6) is 0 Å². The summed E-state index contributed by atoms with van der Waals surface area (Å²) in [5, 5.41) is 0. The Morgan fingerprint density at radius 3 is 0.615 bits per heavy atom. The molecule has 0 heterocycles. The molecule has 6 heteroatoms. The molecule has 0 aliphatic carbocycles. The van der Waals surface area contributed by atoms with Crippen LogP contribution in [0, 0.1) is 0 Å². The lowest BCUT2D eigenvalue weighted by Gasteiger charge is -2.18. The molecule has 386 valence electrons.